The van der Waals surface area contributed by atoms with E-state index in [4.69, 9.17) is 0 Å². The average molecular weight is 229 g/mol. The molecule has 1 aliphatic carbocycles. The van der Waals surface area contributed by atoms with Crippen molar-refractivity contribution in [3.05, 3.63) is 0 Å². The lowest BCUT2D eigenvalue weighted by Gasteiger charge is -2.26. The SMILES string of the molecule is CCNC(CSCC)C1CCCCCC1. The number of thioether (sulfide) groups is 1. The summed E-state index contributed by atoms with van der Waals surface area (Å²) in [6, 6.07) is 0.776. The minimum absolute atomic E-state index is 0.776. The van der Waals surface area contributed by atoms with Crippen molar-refractivity contribution in [1.29, 1.82) is 0 Å². The van der Waals surface area contributed by atoms with Crippen LogP contribution in [0.5, 0.6) is 0 Å². The first kappa shape index (κ1) is 13.4. The van der Waals surface area contributed by atoms with Crippen LogP contribution in [0.2, 0.25) is 0 Å². The van der Waals surface area contributed by atoms with E-state index in [0.29, 0.717) is 0 Å². The number of hydrogen-bond acceptors (Lipinski definition) is 2. The molecule has 0 saturated heterocycles. The second-order valence-corrected chi connectivity index (χ2v) is 5.89. The van der Waals surface area contributed by atoms with Crippen LogP contribution >= 0.6 is 11.8 Å². The Morgan fingerprint density at radius 2 is 1.80 bits per heavy atom. The molecule has 90 valence electrons. The summed E-state index contributed by atoms with van der Waals surface area (Å²) in [6.45, 7) is 5.63. The van der Waals surface area contributed by atoms with Crippen molar-refractivity contribution in [2.75, 3.05) is 18.1 Å². The van der Waals surface area contributed by atoms with Crippen LogP contribution in [0.15, 0.2) is 0 Å². The molecule has 1 nitrogen and oxygen atoms in total. The summed E-state index contributed by atoms with van der Waals surface area (Å²) < 4.78 is 0. The molecule has 0 aliphatic heterocycles. The molecule has 1 rings (SSSR count). The highest BCUT2D eigenvalue weighted by molar-refractivity contribution is 7.99. The van der Waals surface area contributed by atoms with E-state index >= 15 is 0 Å². The maximum absolute atomic E-state index is 3.69. The topological polar surface area (TPSA) is 12.0 Å². The lowest BCUT2D eigenvalue weighted by Crippen LogP contribution is -2.38. The minimum Gasteiger partial charge on any atom is -0.313 e. The molecule has 1 unspecified atom stereocenters. The van der Waals surface area contributed by atoms with Gasteiger partial charge in [-0.2, -0.15) is 11.8 Å². The fraction of sp³-hybridized carbons (Fsp3) is 1.00. The molecule has 0 radical (unpaired) electrons. The van der Waals surface area contributed by atoms with Crippen molar-refractivity contribution in [2.24, 2.45) is 5.92 Å². The van der Waals surface area contributed by atoms with Crippen molar-refractivity contribution >= 4 is 11.8 Å². The van der Waals surface area contributed by atoms with Gasteiger partial charge < -0.3 is 5.32 Å². The van der Waals surface area contributed by atoms with Crippen LogP contribution < -0.4 is 5.32 Å². The number of nitrogens with one attached hydrogen (secondary N) is 1. The first-order valence-corrected chi connectivity index (χ1v) is 7.85. The Kier molecular flexibility index (Phi) is 7.54. The minimum atomic E-state index is 0.776. The molecule has 1 saturated carbocycles. The van der Waals surface area contributed by atoms with Crippen LogP contribution in [-0.2, 0) is 0 Å². The summed E-state index contributed by atoms with van der Waals surface area (Å²) in [6.07, 6.45) is 8.78. The number of hydrogen-bond donors (Lipinski definition) is 1. The first-order valence-electron chi connectivity index (χ1n) is 6.69. The lowest BCUT2D eigenvalue weighted by molar-refractivity contribution is 0.347. The molecule has 1 atom stereocenters. The summed E-state index contributed by atoms with van der Waals surface area (Å²) in [5.41, 5.74) is 0. The monoisotopic (exact) mass is 229 g/mol. The van der Waals surface area contributed by atoms with Crippen molar-refractivity contribution in [1.82, 2.24) is 5.32 Å². The van der Waals surface area contributed by atoms with Crippen LogP contribution in [0.25, 0.3) is 0 Å². The molecular formula is C13H27NS. The maximum Gasteiger partial charge on any atom is 0.0186 e. The van der Waals surface area contributed by atoms with E-state index in [9.17, 15) is 0 Å². The van der Waals surface area contributed by atoms with Gasteiger partial charge in [-0.1, -0.05) is 39.5 Å². The third-order valence-corrected chi connectivity index (χ3v) is 4.44. The van der Waals surface area contributed by atoms with E-state index < -0.39 is 0 Å². The predicted octanol–water partition coefficient (Wildman–Crippen LogP) is 3.69. The molecule has 0 heterocycles. The van der Waals surface area contributed by atoms with E-state index in [1.54, 1.807) is 0 Å². The van der Waals surface area contributed by atoms with Gasteiger partial charge in [0, 0.05) is 11.8 Å². The normalized spacial score (nSPS) is 21.2. The third-order valence-electron chi connectivity index (χ3n) is 3.44. The fourth-order valence-corrected chi connectivity index (χ4v) is 3.46. The Hall–Kier alpha value is 0.310. The maximum atomic E-state index is 3.69. The van der Waals surface area contributed by atoms with Gasteiger partial charge in [-0.25, -0.2) is 0 Å². The summed E-state index contributed by atoms with van der Waals surface area (Å²) in [4.78, 5) is 0. The first-order chi connectivity index (χ1) is 7.38. The third kappa shape index (κ3) is 5.26. The molecular weight excluding hydrogens is 202 g/mol. The zero-order valence-corrected chi connectivity index (χ0v) is 11.2. The molecule has 0 spiro atoms. The average Bonchev–Trinajstić information content (AvgIpc) is 2.52. The van der Waals surface area contributed by atoms with Crippen molar-refractivity contribution < 1.29 is 0 Å². The molecule has 0 aromatic carbocycles. The van der Waals surface area contributed by atoms with E-state index in [2.05, 4.69) is 30.9 Å². The highest BCUT2D eigenvalue weighted by Gasteiger charge is 2.21. The van der Waals surface area contributed by atoms with Gasteiger partial charge >= 0.3 is 0 Å². The zero-order valence-electron chi connectivity index (χ0n) is 10.4. The highest BCUT2D eigenvalue weighted by Crippen LogP contribution is 2.27. The van der Waals surface area contributed by atoms with Crippen LogP contribution in [-0.4, -0.2) is 24.1 Å². The summed E-state index contributed by atoms with van der Waals surface area (Å²) >= 11 is 2.09. The van der Waals surface area contributed by atoms with Gasteiger partial charge in [-0.3, -0.25) is 0 Å². The fourth-order valence-electron chi connectivity index (χ4n) is 2.58. The molecule has 2 heteroatoms. The Morgan fingerprint density at radius 3 is 2.33 bits per heavy atom. The summed E-state index contributed by atoms with van der Waals surface area (Å²) in [5.74, 6) is 3.52. The second-order valence-electron chi connectivity index (χ2n) is 4.58. The van der Waals surface area contributed by atoms with Crippen LogP contribution in [0.3, 0.4) is 0 Å². The van der Waals surface area contributed by atoms with E-state index in [0.717, 1.165) is 18.5 Å². The molecule has 1 fully saturated rings. The van der Waals surface area contributed by atoms with Gasteiger partial charge in [0.15, 0.2) is 0 Å². The predicted molar refractivity (Wildman–Crippen MR) is 71.7 cm³/mol. The Balaban J connectivity index is 2.36. The second kappa shape index (κ2) is 8.46. The Labute approximate surface area is 99.8 Å². The highest BCUT2D eigenvalue weighted by atomic mass is 32.2. The van der Waals surface area contributed by atoms with Gasteiger partial charge in [-0.15, -0.1) is 0 Å². The van der Waals surface area contributed by atoms with Gasteiger partial charge in [0.1, 0.15) is 0 Å². The molecule has 15 heavy (non-hydrogen) atoms. The zero-order chi connectivity index (χ0) is 10.9. The van der Waals surface area contributed by atoms with E-state index in [-0.39, 0.29) is 0 Å². The lowest BCUT2D eigenvalue weighted by atomic mass is 9.93. The Bertz CT molecular complexity index is 141. The quantitative estimate of drug-likeness (QED) is 0.697. The van der Waals surface area contributed by atoms with Crippen LogP contribution in [0.1, 0.15) is 52.4 Å². The van der Waals surface area contributed by atoms with Gasteiger partial charge in [0.25, 0.3) is 0 Å². The molecule has 0 bridgehead atoms. The van der Waals surface area contributed by atoms with E-state index in [1.165, 1.54) is 50.0 Å². The van der Waals surface area contributed by atoms with Crippen LogP contribution in [0.4, 0.5) is 0 Å². The van der Waals surface area contributed by atoms with Gasteiger partial charge in [0.05, 0.1) is 0 Å². The largest absolute Gasteiger partial charge is 0.313 e. The molecule has 0 amide bonds. The smallest absolute Gasteiger partial charge is 0.0186 e. The molecule has 1 aliphatic rings. The molecule has 0 aromatic rings. The summed E-state index contributed by atoms with van der Waals surface area (Å²) in [5, 5.41) is 3.69. The van der Waals surface area contributed by atoms with Crippen molar-refractivity contribution in [3.63, 3.8) is 0 Å². The van der Waals surface area contributed by atoms with E-state index in [1.807, 2.05) is 0 Å². The van der Waals surface area contributed by atoms with Crippen molar-refractivity contribution in [3.8, 4) is 0 Å². The molecule has 1 N–H and O–H groups in total. The van der Waals surface area contributed by atoms with Crippen LogP contribution in [0, 0.1) is 5.92 Å². The van der Waals surface area contributed by atoms with Gasteiger partial charge in [0.2, 0.25) is 0 Å². The van der Waals surface area contributed by atoms with Gasteiger partial charge in [-0.05, 0) is 31.1 Å². The summed E-state index contributed by atoms with van der Waals surface area (Å²) in [7, 11) is 0. The Morgan fingerprint density at radius 1 is 1.13 bits per heavy atom. The number of rotatable bonds is 6. The molecule has 0 aromatic heterocycles. The standard InChI is InChI=1S/C13H27NS/c1-3-14-13(11-15-4-2)12-9-7-5-6-8-10-12/h12-14H,3-11H2,1-2H3. The van der Waals surface area contributed by atoms with Crippen molar-refractivity contribution in [2.45, 2.75) is 58.4 Å².